The number of benzene rings is 2. The van der Waals surface area contributed by atoms with E-state index in [0.717, 1.165) is 22.6 Å². The summed E-state index contributed by atoms with van der Waals surface area (Å²) in [6.07, 6.45) is -0.616. The van der Waals surface area contributed by atoms with Gasteiger partial charge >= 0.3 is 0 Å². The van der Waals surface area contributed by atoms with Gasteiger partial charge in [0.25, 0.3) is 0 Å². The van der Waals surface area contributed by atoms with Gasteiger partial charge in [-0.2, -0.15) is 5.10 Å². The number of aryl methyl sites for hydroxylation is 1. The van der Waals surface area contributed by atoms with Crippen molar-refractivity contribution in [3.63, 3.8) is 0 Å². The van der Waals surface area contributed by atoms with E-state index >= 15 is 0 Å². The lowest BCUT2D eigenvalue weighted by molar-refractivity contribution is 0.0292. The van der Waals surface area contributed by atoms with E-state index in [9.17, 15) is 5.11 Å². The Hall–Kier alpha value is -2.91. The third-order valence-corrected chi connectivity index (χ3v) is 5.23. The van der Waals surface area contributed by atoms with E-state index in [1.807, 2.05) is 61.6 Å². The maximum absolute atomic E-state index is 10.4. The normalized spacial score (nSPS) is 12.2. The summed E-state index contributed by atoms with van der Waals surface area (Å²) in [5.74, 6) is 2.08. The van der Waals surface area contributed by atoms with Crippen molar-refractivity contribution in [3.05, 3.63) is 60.2 Å². The van der Waals surface area contributed by atoms with Gasteiger partial charge in [-0.3, -0.25) is 4.90 Å². The summed E-state index contributed by atoms with van der Waals surface area (Å²) in [5, 5.41) is 15.2. The summed E-state index contributed by atoms with van der Waals surface area (Å²) in [7, 11) is 6.75. The van der Waals surface area contributed by atoms with E-state index < -0.39 is 6.10 Å². The number of rotatable bonds is 13. The fourth-order valence-corrected chi connectivity index (χ4v) is 3.63. The lowest BCUT2D eigenvalue weighted by Crippen LogP contribution is -2.36. The van der Waals surface area contributed by atoms with E-state index in [2.05, 4.69) is 4.90 Å². The van der Waals surface area contributed by atoms with E-state index in [1.54, 1.807) is 26.0 Å². The quantitative estimate of drug-likeness (QED) is 0.423. The lowest BCUT2D eigenvalue weighted by atomic mass is 10.1. The Morgan fingerprint density at radius 1 is 0.970 bits per heavy atom. The van der Waals surface area contributed by atoms with Gasteiger partial charge in [0.2, 0.25) is 5.88 Å². The van der Waals surface area contributed by atoms with Crippen molar-refractivity contribution in [2.24, 2.45) is 7.05 Å². The zero-order chi connectivity index (χ0) is 23.6. The van der Waals surface area contributed by atoms with Crippen LogP contribution in [0.2, 0.25) is 0 Å². The molecule has 0 bridgehead atoms. The van der Waals surface area contributed by atoms with Gasteiger partial charge in [0.05, 0.1) is 32.0 Å². The monoisotopic (exact) mass is 455 g/mol. The SMILES string of the molecule is COCCN(Cc1c(-c2ccccc2)nn(C)c1Oc1ccc(OC)cc1)C[C@@H](O)COC. The molecule has 1 aromatic heterocycles. The van der Waals surface area contributed by atoms with Crippen LogP contribution >= 0.6 is 0 Å². The number of ether oxygens (including phenoxy) is 4. The minimum absolute atomic E-state index is 0.261. The van der Waals surface area contributed by atoms with E-state index in [0.29, 0.717) is 37.9 Å². The zero-order valence-electron chi connectivity index (χ0n) is 19.7. The minimum atomic E-state index is -0.616. The van der Waals surface area contributed by atoms with Crippen molar-refractivity contribution in [3.8, 4) is 28.6 Å². The van der Waals surface area contributed by atoms with Crippen molar-refractivity contribution in [2.45, 2.75) is 12.6 Å². The minimum Gasteiger partial charge on any atom is -0.497 e. The molecule has 178 valence electrons. The molecular weight excluding hydrogens is 422 g/mol. The van der Waals surface area contributed by atoms with Gasteiger partial charge in [-0.15, -0.1) is 0 Å². The Kier molecular flexibility index (Phi) is 9.26. The molecule has 0 amide bonds. The highest BCUT2D eigenvalue weighted by molar-refractivity contribution is 5.65. The zero-order valence-corrected chi connectivity index (χ0v) is 19.7. The standard InChI is InChI=1S/C25H33N3O5/c1-27-25(33-22-12-10-21(32-4)11-13-22)23(24(26-27)19-8-6-5-7-9-19)17-28(14-15-30-2)16-20(29)18-31-3/h5-13,20,29H,14-18H2,1-4H3/t20-/m1/s1. The molecule has 1 atom stereocenters. The molecule has 0 fully saturated rings. The molecule has 0 saturated carbocycles. The molecule has 3 aromatic rings. The van der Waals surface area contributed by atoms with Crippen LogP contribution in [0.3, 0.4) is 0 Å². The summed E-state index contributed by atoms with van der Waals surface area (Å²) < 4.78 is 23.7. The van der Waals surface area contributed by atoms with Crippen LogP contribution in [0.4, 0.5) is 0 Å². The first-order valence-electron chi connectivity index (χ1n) is 10.9. The summed E-state index contributed by atoms with van der Waals surface area (Å²) in [5.41, 5.74) is 2.77. The van der Waals surface area contributed by atoms with Crippen LogP contribution in [0.25, 0.3) is 11.3 Å². The van der Waals surface area contributed by atoms with Gasteiger partial charge in [-0.1, -0.05) is 30.3 Å². The highest BCUT2D eigenvalue weighted by Gasteiger charge is 2.23. The van der Waals surface area contributed by atoms with Gasteiger partial charge in [0.1, 0.15) is 17.2 Å². The number of aliphatic hydroxyl groups excluding tert-OH is 1. The number of nitrogens with zero attached hydrogens (tertiary/aromatic N) is 3. The second-order valence-electron chi connectivity index (χ2n) is 7.74. The first-order valence-corrected chi connectivity index (χ1v) is 10.9. The summed E-state index contributed by atoms with van der Waals surface area (Å²) >= 11 is 0. The molecule has 3 rings (SSSR count). The molecule has 2 aromatic carbocycles. The largest absolute Gasteiger partial charge is 0.497 e. The number of aromatic nitrogens is 2. The van der Waals surface area contributed by atoms with Crippen LogP contribution < -0.4 is 9.47 Å². The molecule has 1 N–H and O–H groups in total. The van der Waals surface area contributed by atoms with Gasteiger partial charge < -0.3 is 24.1 Å². The second kappa shape index (κ2) is 12.4. The smallest absolute Gasteiger partial charge is 0.222 e. The lowest BCUT2D eigenvalue weighted by Gasteiger charge is -2.25. The van der Waals surface area contributed by atoms with Crippen molar-refractivity contribution < 1.29 is 24.1 Å². The number of hydrogen-bond donors (Lipinski definition) is 1. The molecule has 1 heterocycles. The molecule has 33 heavy (non-hydrogen) atoms. The predicted molar refractivity (Wildman–Crippen MR) is 127 cm³/mol. The Bertz CT molecular complexity index is 976. The molecule has 0 aliphatic heterocycles. The van der Waals surface area contributed by atoms with Crippen LogP contribution in [-0.4, -0.2) is 73.5 Å². The molecule has 0 unspecified atom stereocenters. The highest BCUT2D eigenvalue weighted by atomic mass is 16.5. The average molecular weight is 456 g/mol. The number of hydrogen-bond acceptors (Lipinski definition) is 7. The fourth-order valence-electron chi connectivity index (χ4n) is 3.63. The fraction of sp³-hybridized carbons (Fsp3) is 0.400. The first kappa shape index (κ1) is 24.7. The Labute approximate surface area is 195 Å². The highest BCUT2D eigenvalue weighted by Crippen LogP contribution is 2.34. The maximum atomic E-state index is 10.4. The third-order valence-electron chi connectivity index (χ3n) is 5.23. The average Bonchev–Trinajstić information content (AvgIpc) is 3.13. The number of aliphatic hydroxyl groups is 1. The molecule has 0 aliphatic carbocycles. The summed E-state index contributed by atoms with van der Waals surface area (Å²) in [4.78, 5) is 2.12. The molecule has 8 nitrogen and oxygen atoms in total. The third kappa shape index (κ3) is 6.79. The first-order chi connectivity index (χ1) is 16.0. The molecule has 0 radical (unpaired) electrons. The molecule has 0 saturated heterocycles. The van der Waals surface area contributed by atoms with Crippen molar-refractivity contribution >= 4 is 0 Å². The number of methoxy groups -OCH3 is 3. The van der Waals surface area contributed by atoms with Crippen molar-refractivity contribution in [1.29, 1.82) is 0 Å². The molecule has 8 heteroatoms. The van der Waals surface area contributed by atoms with Gasteiger partial charge in [-0.05, 0) is 24.3 Å². The van der Waals surface area contributed by atoms with Gasteiger partial charge in [0, 0.05) is 46.5 Å². The topological polar surface area (TPSA) is 78.2 Å². The van der Waals surface area contributed by atoms with Gasteiger partial charge in [-0.25, -0.2) is 4.68 Å². The second-order valence-corrected chi connectivity index (χ2v) is 7.74. The van der Waals surface area contributed by atoms with E-state index in [4.69, 9.17) is 24.0 Å². The Morgan fingerprint density at radius 2 is 1.67 bits per heavy atom. The van der Waals surface area contributed by atoms with Crippen LogP contribution in [-0.2, 0) is 23.1 Å². The van der Waals surface area contributed by atoms with Crippen molar-refractivity contribution in [1.82, 2.24) is 14.7 Å². The Morgan fingerprint density at radius 3 is 2.30 bits per heavy atom. The van der Waals surface area contributed by atoms with Crippen LogP contribution in [0.5, 0.6) is 17.4 Å². The molecular formula is C25H33N3O5. The van der Waals surface area contributed by atoms with Gasteiger partial charge in [0.15, 0.2) is 0 Å². The Balaban J connectivity index is 1.97. The summed E-state index contributed by atoms with van der Waals surface area (Å²) in [6.45, 7) is 2.39. The van der Waals surface area contributed by atoms with Crippen LogP contribution in [0, 0.1) is 0 Å². The predicted octanol–water partition coefficient (Wildman–Crippen LogP) is 3.34. The van der Waals surface area contributed by atoms with E-state index in [-0.39, 0.29) is 6.61 Å². The maximum Gasteiger partial charge on any atom is 0.222 e. The van der Waals surface area contributed by atoms with Crippen molar-refractivity contribution in [2.75, 3.05) is 47.6 Å². The molecule has 0 aliphatic rings. The molecule has 0 spiro atoms. The summed E-state index contributed by atoms with van der Waals surface area (Å²) in [6, 6.07) is 17.5. The van der Waals surface area contributed by atoms with Crippen LogP contribution in [0.15, 0.2) is 54.6 Å². The van der Waals surface area contributed by atoms with E-state index in [1.165, 1.54) is 0 Å². The van der Waals surface area contributed by atoms with Crippen LogP contribution in [0.1, 0.15) is 5.56 Å².